The van der Waals surface area contributed by atoms with Crippen molar-refractivity contribution in [2.45, 2.75) is 18.9 Å². The van der Waals surface area contributed by atoms with Crippen LogP contribution < -0.4 is 10.1 Å². The van der Waals surface area contributed by atoms with E-state index < -0.39 is 6.09 Å². The van der Waals surface area contributed by atoms with Gasteiger partial charge in [-0.25, -0.2) is 4.79 Å². The highest BCUT2D eigenvalue weighted by molar-refractivity contribution is 6.07. The zero-order valence-electron chi connectivity index (χ0n) is 15.5. The van der Waals surface area contributed by atoms with Crippen molar-refractivity contribution in [3.8, 4) is 5.75 Å². The number of benzene rings is 3. The van der Waals surface area contributed by atoms with E-state index in [0.717, 1.165) is 16.3 Å². The van der Waals surface area contributed by atoms with Crippen LogP contribution >= 0.6 is 0 Å². The molecule has 1 N–H and O–H groups in total. The Hall–Kier alpha value is -3.34. The van der Waals surface area contributed by atoms with Crippen LogP contribution in [0.1, 0.15) is 23.2 Å². The zero-order valence-corrected chi connectivity index (χ0v) is 15.5. The lowest BCUT2D eigenvalue weighted by Gasteiger charge is -2.32. The number of carbonyl (C=O) groups is 2. The monoisotopic (exact) mass is 374 g/mol. The molecule has 142 valence electrons. The Morgan fingerprint density at radius 3 is 2.32 bits per heavy atom. The third-order valence-corrected chi connectivity index (χ3v) is 5.08. The van der Waals surface area contributed by atoms with Crippen LogP contribution in [0, 0.1) is 0 Å². The molecule has 3 aromatic carbocycles. The molecule has 0 saturated carbocycles. The second-order valence-corrected chi connectivity index (χ2v) is 6.94. The maximum atomic E-state index is 13.0. The lowest BCUT2D eigenvalue weighted by Crippen LogP contribution is -2.47. The predicted molar refractivity (Wildman–Crippen MR) is 108 cm³/mol. The molecular formula is C23H22N2O3. The van der Waals surface area contributed by atoms with Crippen molar-refractivity contribution in [2.75, 3.05) is 13.1 Å². The minimum absolute atomic E-state index is 0.00720. The number of para-hydroxylation sites is 1. The Morgan fingerprint density at radius 1 is 0.857 bits per heavy atom. The maximum absolute atomic E-state index is 13.0. The van der Waals surface area contributed by atoms with Crippen molar-refractivity contribution in [2.24, 2.45) is 0 Å². The third kappa shape index (κ3) is 3.98. The van der Waals surface area contributed by atoms with Gasteiger partial charge in [0.05, 0.1) is 0 Å². The molecule has 1 aliphatic heterocycles. The number of piperidine rings is 1. The standard InChI is InChI=1S/C23H22N2O3/c26-22(21-12-6-8-17-7-4-5-11-20(17)21)25-15-13-18(14-16-25)24-23(27)28-19-9-2-1-3-10-19/h1-12,18H,13-16H2,(H,24,27). The first kappa shape index (κ1) is 18.0. The molecule has 5 nitrogen and oxygen atoms in total. The van der Waals surface area contributed by atoms with Crippen LogP contribution in [-0.2, 0) is 0 Å². The number of hydrogen-bond acceptors (Lipinski definition) is 3. The topological polar surface area (TPSA) is 58.6 Å². The number of nitrogens with zero attached hydrogens (tertiary/aromatic N) is 1. The molecule has 0 atom stereocenters. The Balaban J connectivity index is 1.35. The molecule has 0 radical (unpaired) electrons. The van der Waals surface area contributed by atoms with Crippen LogP contribution in [0.25, 0.3) is 10.8 Å². The highest BCUT2D eigenvalue weighted by Gasteiger charge is 2.25. The zero-order chi connectivity index (χ0) is 19.3. The molecule has 1 saturated heterocycles. The second-order valence-electron chi connectivity index (χ2n) is 6.94. The molecule has 1 heterocycles. The predicted octanol–water partition coefficient (Wildman–Crippen LogP) is 4.23. The van der Waals surface area contributed by atoms with Gasteiger partial charge < -0.3 is 15.0 Å². The van der Waals surface area contributed by atoms with Gasteiger partial charge in [-0.1, -0.05) is 54.6 Å². The van der Waals surface area contributed by atoms with Gasteiger partial charge in [0.2, 0.25) is 0 Å². The van der Waals surface area contributed by atoms with Crippen molar-refractivity contribution < 1.29 is 14.3 Å². The van der Waals surface area contributed by atoms with Gasteiger partial charge in [-0.05, 0) is 41.8 Å². The van der Waals surface area contributed by atoms with Gasteiger partial charge in [-0.15, -0.1) is 0 Å². The number of amides is 2. The van der Waals surface area contributed by atoms with E-state index in [-0.39, 0.29) is 11.9 Å². The van der Waals surface area contributed by atoms with Gasteiger partial charge in [-0.3, -0.25) is 4.79 Å². The van der Waals surface area contributed by atoms with Crippen molar-refractivity contribution in [1.29, 1.82) is 0 Å². The van der Waals surface area contributed by atoms with E-state index >= 15 is 0 Å². The molecule has 5 heteroatoms. The number of likely N-dealkylation sites (tertiary alicyclic amines) is 1. The molecule has 0 unspecified atom stereocenters. The average Bonchev–Trinajstić information content (AvgIpc) is 2.74. The molecule has 28 heavy (non-hydrogen) atoms. The highest BCUT2D eigenvalue weighted by atomic mass is 16.6. The fraction of sp³-hybridized carbons (Fsp3) is 0.217. The largest absolute Gasteiger partial charge is 0.412 e. The first-order valence-corrected chi connectivity index (χ1v) is 9.51. The molecule has 1 aliphatic rings. The van der Waals surface area contributed by atoms with E-state index in [9.17, 15) is 9.59 Å². The van der Waals surface area contributed by atoms with Gasteiger partial charge in [0.15, 0.2) is 0 Å². The lowest BCUT2D eigenvalue weighted by atomic mass is 10.0. The summed E-state index contributed by atoms with van der Waals surface area (Å²) in [6.45, 7) is 1.22. The number of ether oxygens (including phenoxy) is 1. The summed E-state index contributed by atoms with van der Waals surface area (Å²) in [6, 6.07) is 22.7. The SMILES string of the molecule is O=C(NC1CCN(C(=O)c2cccc3ccccc23)CC1)Oc1ccccc1. The molecule has 0 aliphatic carbocycles. The van der Waals surface area contributed by atoms with Crippen LogP contribution in [-0.4, -0.2) is 36.0 Å². The first-order valence-electron chi connectivity index (χ1n) is 9.51. The summed E-state index contributed by atoms with van der Waals surface area (Å²) in [4.78, 5) is 26.9. The number of fused-ring (bicyclic) bond motifs is 1. The highest BCUT2D eigenvalue weighted by Crippen LogP contribution is 2.22. The fourth-order valence-corrected chi connectivity index (χ4v) is 3.60. The van der Waals surface area contributed by atoms with E-state index in [1.807, 2.05) is 65.6 Å². The van der Waals surface area contributed by atoms with Crippen LogP contribution in [0.3, 0.4) is 0 Å². The Labute approximate surface area is 163 Å². The number of hydrogen-bond donors (Lipinski definition) is 1. The minimum Gasteiger partial charge on any atom is -0.410 e. The maximum Gasteiger partial charge on any atom is 0.412 e. The summed E-state index contributed by atoms with van der Waals surface area (Å²) < 4.78 is 5.28. The third-order valence-electron chi connectivity index (χ3n) is 5.08. The smallest absolute Gasteiger partial charge is 0.410 e. The number of carbonyl (C=O) groups excluding carboxylic acids is 2. The molecule has 0 bridgehead atoms. The summed E-state index contributed by atoms with van der Waals surface area (Å²) in [7, 11) is 0. The van der Waals surface area contributed by atoms with E-state index in [4.69, 9.17) is 4.74 Å². The van der Waals surface area contributed by atoms with Crippen molar-refractivity contribution in [3.63, 3.8) is 0 Å². The Kier molecular flexibility index (Phi) is 5.24. The first-order chi connectivity index (χ1) is 13.7. The summed E-state index contributed by atoms with van der Waals surface area (Å²) in [6.07, 6.45) is 0.964. The van der Waals surface area contributed by atoms with Crippen LogP contribution in [0.4, 0.5) is 4.79 Å². The normalized spacial score (nSPS) is 14.6. The molecular weight excluding hydrogens is 352 g/mol. The molecule has 0 spiro atoms. The molecule has 3 aromatic rings. The van der Waals surface area contributed by atoms with E-state index in [0.29, 0.717) is 31.7 Å². The van der Waals surface area contributed by atoms with Crippen molar-refractivity contribution in [3.05, 3.63) is 78.4 Å². The van der Waals surface area contributed by atoms with E-state index in [1.165, 1.54) is 0 Å². The van der Waals surface area contributed by atoms with Crippen LogP contribution in [0.5, 0.6) is 5.75 Å². The minimum atomic E-state index is -0.454. The summed E-state index contributed by atoms with van der Waals surface area (Å²) in [5.41, 5.74) is 0.730. The van der Waals surface area contributed by atoms with Gasteiger partial charge in [0.1, 0.15) is 5.75 Å². The van der Waals surface area contributed by atoms with Gasteiger partial charge in [0, 0.05) is 24.7 Å². The molecule has 4 rings (SSSR count). The second kappa shape index (κ2) is 8.13. The van der Waals surface area contributed by atoms with Gasteiger partial charge in [-0.2, -0.15) is 0 Å². The molecule has 0 aromatic heterocycles. The van der Waals surface area contributed by atoms with E-state index in [1.54, 1.807) is 12.1 Å². The summed E-state index contributed by atoms with van der Waals surface area (Å²) >= 11 is 0. The van der Waals surface area contributed by atoms with Crippen LogP contribution in [0.15, 0.2) is 72.8 Å². The Bertz CT molecular complexity index is 974. The van der Waals surface area contributed by atoms with Gasteiger partial charge >= 0.3 is 6.09 Å². The summed E-state index contributed by atoms with van der Waals surface area (Å²) in [5, 5.41) is 4.93. The fourth-order valence-electron chi connectivity index (χ4n) is 3.60. The summed E-state index contributed by atoms with van der Waals surface area (Å²) in [5.74, 6) is 0.561. The van der Waals surface area contributed by atoms with Gasteiger partial charge in [0.25, 0.3) is 5.91 Å². The van der Waals surface area contributed by atoms with E-state index in [2.05, 4.69) is 5.32 Å². The Morgan fingerprint density at radius 2 is 1.54 bits per heavy atom. The average molecular weight is 374 g/mol. The van der Waals surface area contributed by atoms with Crippen molar-refractivity contribution in [1.82, 2.24) is 10.2 Å². The molecule has 2 amide bonds. The number of rotatable bonds is 3. The molecule has 1 fully saturated rings. The van der Waals surface area contributed by atoms with Crippen LogP contribution in [0.2, 0.25) is 0 Å². The van der Waals surface area contributed by atoms with Crippen molar-refractivity contribution >= 4 is 22.8 Å². The quantitative estimate of drug-likeness (QED) is 0.746. The number of nitrogens with one attached hydrogen (secondary N) is 1. The lowest BCUT2D eigenvalue weighted by molar-refractivity contribution is 0.0708.